The van der Waals surface area contributed by atoms with Crippen LogP contribution in [-0.4, -0.2) is 42.0 Å². The summed E-state index contributed by atoms with van der Waals surface area (Å²) in [4.78, 5) is 23.3. The van der Waals surface area contributed by atoms with E-state index < -0.39 is 23.7 Å². The molecule has 1 aromatic rings. The lowest BCUT2D eigenvalue weighted by Gasteiger charge is -2.14. The minimum Gasteiger partial charge on any atom is -0.480 e. The first-order valence-corrected chi connectivity index (χ1v) is 7.09. The number of hydrogen-bond donors (Lipinski definition) is 2. The van der Waals surface area contributed by atoms with Crippen LogP contribution in [-0.2, 0) is 9.53 Å². The van der Waals surface area contributed by atoms with E-state index in [4.69, 9.17) is 9.84 Å². The van der Waals surface area contributed by atoms with Crippen LogP contribution in [0.1, 0.15) is 10.4 Å². The van der Waals surface area contributed by atoms with Crippen LogP contribution in [0, 0.1) is 0 Å². The Hall–Kier alpha value is -1.93. The zero-order valence-corrected chi connectivity index (χ0v) is 12.3. The Bertz CT molecular complexity index is 522. The number of benzene rings is 1. The number of carboxylic acids is 1. The van der Waals surface area contributed by atoms with E-state index in [0.29, 0.717) is 16.7 Å². The second-order valence-electron chi connectivity index (χ2n) is 4.09. The number of carbonyl (C=O) groups is 2. The van der Waals surface area contributed by atoms with Gasteiger partial charge in [0.2, 0.25) is 0 Å². The van der Waals surface area contributed by atoms with E-state index >= 15 is 0 Å². The van der Waals surface area contributed by atoms with Crippen LogP contribution in [0.4, 0.5) is 8.78 Å². The smallest absolute Gasteiger partial charge is 0.328 e. The number of amides is 1. The van der Waals surface area contributed by atoms with Crippen LogP contribution in [0.15, 0.2) is 41.8 Å². The normalized spacial score (nSPS) is 12.0. The van der Waals surface area contributed by atoms with Gasteiger partial charge in [0, 0.05) is 10.5 Å². The van der Waals surface area contributed by atoms with Crippen molar-refractivity contribution in [3.63, 3.8) is 0 Å². The van der Waals surface area contributed by atoms with Crippen LogP contribution in [0.3, 0.4) is 0 Å². The van der Waals surface area contributed by atoms with Gasteiger partial charge in [0.15, 0.2) is 6.04 Å². The molecule has 5 nitrogen and oxygen atoms in total. The number of carboxylic acid groups (broad SMARTS) is 1. The van der Waals surface area contributed by atoms with Gasteiger partial charge in [-0.2, -0.15) is 8.78 Å². The summed E-state index contributed by atoms with van der Waals surface area (Å²) in [7, 11) is 0. The molecule has 120 valence electrons. The number of rotatable bonds is 9. The van der Waals surface area contributed by atoms with Crippen molar-refractivity contribution in [3.8, 4) is 0 Å². The summed E-state index contributed by atoms with van der Waals surface area (Å²) >= 11 is 0.363. The van der Waals surface area contributed by atoms with E-state index in [-0.39, 0.29) is 18.8 Å². The maximum Gasteiger partial charge on any atom is 0.328 e. The van der Waals surface area contributed by atoms with Gasteiger partial charge in [-0.15, -0.1) is 6.58 Å². The molecule has 22 heavy (non-hydrogen) atoms. The molecule has 1 amide bonds. The Morgan fingerprint density at radius 2 is 2.00 bits per heavy atom. The number of nitrogens with one attached hydrogen (secondary N) is 1. The molecule has 0 saturated heterocycles. The van der Waals surface area contributed by atoms with E-state index in [1.54, 1.807) is 0 Å². The molecule has 0 aliphatic carbocycles. The number of carbonyl (C=O) groups excluding carboxylic acids is 1. The van der Waals surface area contributed by atoms with E-state index in [2.05, 4.69) is 11.9 Å². The Labute approximate surface area is 130 Å². The van der Waals surface area contributed by atoms with Crippen LogP contribution < -0.4 is 5.32 Å². The minimum absolute atomic E-state index is 0.166. The van der Waals surface area contributed by atoms with Crippen molar-refractivity contribution < 1.29 is 28.2 Å². The van der Waals surface area contributed by atoms with Gasteiger partial charge < -0.3 is 15.2 Å². The number of ether oxygens (including phenoxy) is 1. The lowest BCUT2D eigenvalue weighted by molar-refractivity contribution is -0.140. The quantitative estimate of drug-likeness (QED) is 0.413. The first-order chi connectivity index (χ1) is 10.4. The largest absolute Gasteiger partial charge is 0.480 e. The highest BCUT2D eigenvalue weighted by atomic mass is 32.2. The number of hydrogen-bond acceptors (Lipinski definition) is 4. The molecule has 0 aliphatic rings. The van der Waals surface area contributed by atoms with Crippen molar-refractivity contribution in [3.05, 3.63) is 42.5 Å². The third-order valence-electron chi connectivity index (χ3n) is 2.47. The summed E-state index contributed by atoms with van der Waals surface area (Å²) < 4.78 is 29.4. The highest BCUT2D eigenvalue weighted by molar-refractivity contribution is 7.99. The van der Waals surface area contributed by atoms with Crippen molar-refractivity contribution in [1.29, 1.82) is 0 Å². The topological polar surface area (TPSA) is 75.6 Å². The van der Waals surface area contributed by atoms with E-state index in [9.17, 15) is 18.4 Å². The van der Waals surface area contributed by atoms with Crippen LogP contribution in [0.5, 0.6) is 0 Å². The lowest BCUT2D eigenvalue weighted by Crippen LogP contribution is -2.44. The van der Waals surface area contributed by atoms with E-state index in [1.165, 1.54) is 30.3 Å². The molecule has 1 atom stereocenters. The first kappa shape index (κ1) is 18.1. The van der Waals surface area contributed by atoms with Gasteiger partial charge in [-0.05, 0) is 24.3 Å². The standard InChI is InChI=1S/C14H15F2NO4S/c1-2-7-21-8-11(13(19)20)17-12(18)9-3-5-10(6-4-9)22-14(15)16/h2-6,11,14H,1,7-8H2,(H,17,18)(H,19,20). The molecule has 1 unspecified atom stereocenters. The predicted molar refractivity (Wildman–Crippen MR) is 78.2 cm³/mol. The molecule has 0 fully saturated rings. The summed E-state index contributed by atoms with van der Waals surface area (Å²) in [5.41, 5.74) is 0.175. The van der Waals surface area contributed by atoms with Gasteiger partial charge in [-0.3, -0.25) is 4.79 Å². The molecule has 1 aromatic carbocycles. The molecule has 0 bridgehead atoms. The molecule has 0 aromatic heterocycles. The molecular weight excluding hydrogens is 316 g/mol. The summed E-state index contributed by atoms with van der Waals surface area (Å²) in [6.07, 6.45) is 1.46. The first-order valence-electron chi connectivity index (χ1n) is 6.21. The third-order valence-corrected chi connectivity index (χ3v) is 3.19. The summed E-state index contributed by atoms with van der Waals surface area (Å²) in [6.45, 7) is 3.39. The Morgan fingerprint density at radius 1 is 1.36 bits per heavy atom. The predicted octanol–water partition coefficient (Wildman–Crippen LogP) is 2.39. The van der Waals surface area contributed by atoms with Gasteiger partial charge >= 0.3 is 5.97 Å². The van der Waals surface area contributed by atoms with Crippen LogP contribution in [0.2, 0.25) is 0 Å². The van der Waals surface area contributed by atoms with Crippen molar-refractivity contribution in [2.24, 2.45) is 0 Å². The van der Waals surface area contributed by atoms with E-state index in [1.807, 2.05) is 0 Å². The fourth-order valence-corrected chi connectivity index (χ4v) is 1.97. The second kappa shape index (κ2) is 9.16. The Balaban J connectivity index is 2.65. The molecule has 2 N–H and O–H groups in total. The molecule has 8 heteroatoms. The van der Waals surface area contributed by atoms with Crippen molar-refractivity contribution in [1.82, 2.24) is 5.32 Å². The molecule has 0 heterocycles. The number of aliphatic carboxylic acids is 1. The average Bonchev–Trinajstić information content (AvgIpc) is 2.46. The van der Waals surface area contributed by atoms with Gasteiger partial charge in [-0.1, -0.05) is 17.8 Å². The number of thioether (sulfide) groups is 1. The fraction of sp³-hybridized carbons (Fsp3) is 0.286. The van der Waals surface area contributed by atoms with Gasteiger partial charge in [-0.25, -0.2) is 4.79 Å². The SMILES string of the molecule is C=CCOCC(NC(=O)c1ccc(SC(F)F)cc1)C(=O)O. The highest BCUT2D eigenvalue weighted by Gasteiger charge is 2.20. The lowest BCUT2D eigenvalue weighted by atomic mass is 10.2. The average molecular weight is 331 g/mol. The summed E-state index contributed by atoms with van der Waals surface area (Å²) in [5.74, 6) is -4.40. The maximum absolute atomic E-state index is 12.2. The molecule has 0 aliphatic heterocycles. The minimum atomic E-state index is -2.54. The zero-order valence-electron chi connectivity index (χ0n) is 11.5. The highest BCUT2D eigenvalue weighted by Crippen LogP contribution is 2.25. The van der Waals surface area contributed by atoms with Gasteiger partial charge in [0.25, 0.3) is 11.7 Å². The molecular formula is C14H15F2NO4S. The van der Waals surface area contributed by atoms with Crippen molar-refractivity contribution in [2.75, 3.05) is 13.2 Å². The Kier molecular flexibility index (Phi) is 7.55. The third kappa shape index (κ3) is 6.23. The van der Waals surface area contributed by atoms with Gasteiger partial charge in [0.05, 0.1) is 13.2 Å². The van der Waals surface area contributed by atoms with Crippen LogP contribution in [0.25, 0.3) is 0 Å². The Morgan fingerprint density at radius 3 is 2.50 bits per heavy atom. The van der Waals surface area contributed by atoms with Crippen molar-refractivity contribution >= 4 is 23.6 Å². The summed E-state index contributed by atoms with van der Waals surface area (Å²) in [5, 5.41) is 11.3. The van der Waals surface area contributed by atoms with Gasteiger partial charge in [0.1, 0.15) is 0 Å². The van der Waals surface area contributed by atoms with Crippen LogP contribution >= 0.6 is 11.8 Å². The second-order valence-corrected chi connectivity index (χ2v) is 5.16. The summed E-state index contributed by atoms with van der Waals surface area (Å²) in [6, 6.07) is 4.24. The fourth-order valence-electron chi connectivity index (χ4n) is 1.47. The monoisotopic (exact) mass is 331 g/mol. The van der Waals surface area contributed by atoms with Crippen molar-refractivity contribution in [2.45, 2.75) is 16.7 Å². The maximum atomic E-state index is 12.2. The number of halogens is 2. The molecule has 0 radical (unpaired) electrons. The molecule has 0 spiro atoms. The molecule has 1 rings (SSSR count). The number of alkyl halides is 2. The van der Waals surface area contributed by atoms with E-state index in [0.717, 1.165) is 0 Å². The molecule has 0 saturated carbocycles. The zero-order chi connectivity index (χ0) is 16.5.